The van der Waals surface area contributed by atoms with E-state index in [4.69, 9.17) is 5.21 Å². The number of hydrogen-bond acceptors (Lipinski definition) is 3. The summed E-state index contributed by atoms with van der Waals surface area (Å²) in [6.45, 7) is 1.81. The standard InChI is InChI=1S/C11H14F2N2O2.ClH/c1-7(14-6-5-10(16)15-17)11-8(12)3-2-4-9(11)13;/h2-4,7,14,17H,5-6H2,1H3,(H,15,16);1H. The molecule has 0 aliphatic heterocycles. The van der Waals surface area contributed by atoms with E-state index in [0.29, 0.717) is 0 Å². The SMILES string of the molecule is CC(NCCC(=O)NO)c1c(F)cccc1F.Cl. The van der Waals surface area contributed by atoms with E-state index in [-0.39, 0.29) is 30.9 Å². The van der Waals surface area contributed by atoms with E-state index in [1.54, 1.807) is 6.92 Å². The summed E-state index contributed by atoms with van der Waals surface area (Å²) in [5.74, 6) is -1.81. The summed E-state index contributed by atoms with van der Waals surface area (Å²) in [5, 5.41) is 11.1. The quantitative estimate of drug-likeness (QED) is 0.570. The van der Waals surface area contributed by atoms with Gasteiger partial charge in [0.2, 0.25) is 5.91 Å². The maximum Gasteiger partial charge on any atom is 0.244 e. The zero-order chi connectivity index (χ0) is 12.8. The highest BCUT2D eigenvalue weighted by Gasteiger charge is 2.15. The van der Waals surface area contributed by atoms with Crippen LogP contribution in [0.4, 0.5) is 8.78 Å². The van der Waals surface area contributed by atoms with Gasteiger partial charge in [-0.25, -0.2) is 14.3 Å². The Morgan fingerprint density at radius 2 is 1.94 bits per heavy atom. The number of amides is 1. The minimum atomic E-state index is -0.628. The molecule has 1 aromatic carbocycles. The topological polar surface area (TPSA) is 61.4 Å². The largest absolute Gasteiger partial charge is 0.309 e. The molecule has 0 heterocycles. The highest BCUT2D eigenvalue weighted by molar-refractivity contribution is 5.85. The molecule has 0 aliphatic carbocycles. The number of carbonyl (C=O) groups is 1. The van der Waals surface area contributed by atoms with Crippen molar-refractivity contribution in [3.05, 3.63) is 35.4 Å². The molecule has 7 heteroatoms. The summed E-state index contributed by atoms with van der Waals surface area (Å²) in [7, 11) is 0. The lowest BCUT2D eigenvalue weighted by molar-refractivity contribution is -0.129. The lowest BCUT2D eigenvalue weighted by Crippen LogP contribution is -2.27. The summed E-state index contributed by atoms with van der Waals surface area (Å²) in [6, 6.07) is 3.09. The molecule has 0 radical (unpaired) electrons. The fraction of sp³-hybridized carbons (Fsp3) is 0.364. The van der Waals surface area contributed by atoms with Gasteiger partial charge in [0.15, 0.2) is 0 Å². The highest BCUT2D eigenvalue weighted by Crippen LogP contribution is 2.19. The number of nitrogens with one attached hydrogen (secondary N) is 2. The van der Waals surface area contributed by atoms with Crippen molar-refractivity contribution in [3.8, 4) is 0 Å². The average Bonchev–Trinajstić information content (AvgIpc) is 2.28. The van der Waals surface area contributed by atoms with Gasteiger partial charge in [-0.3, -0.25) is 10.0 Å². The first-order chi connectivity index (χ1) is 8.06. The zero-order valence-electron chi connectivity index (χ0n) is 9.74. The van der Waals surface area contributed by atoms with Crippen molar-refractivity contribution in [1.82, 2.24) is 10.8 Å². The van der Waals surface area contributed by atoms with Crippen LogP contribution in [0.2, 0.25) is 0 Å². The van der Waals surface area contributed by atoms with E-state index in [1.807, 2.05) is 0 Å². The van der Waals surface area contributed by atoms with Gasteiger partial charge in [-0.15, -0.1) is 12.4 Å². The third kappa shape index (κ3) is 4.56. The third-order valence-electron chi connectivity index (χ3n) is 2.36. The monoisotopic (exact) mass is 280 g/mol. The van der Waals surface area contributed by atoms with Crippen LogP contribution in [-0.4, -0.2) is 17.7 Å². The maximum atomic E-state index is 13.4. The van der Waals surface area contributed by atoms with Gasteiger partial charge in [-0.05, 0) is 19.1 Å². The number of carbonyl (C=O) groups excluding carboxylic acids is 1. The molecule has 102 valence electrons. The fourth-order valence-corrected chi connectivity index (χ4v) is 1.48. The number of hydroxylamine groups is 1. The lowest BCUT2D eigenvalue weighted by atomic mass is 10.1. The van der Waals surface area contributed by atoms with Crippen LogP contribution in [0.1, 0.15) is 24.9 Å². The van der Waals surface area contributed by atoms with Crippen molar-refractivity contribution in [1.29, 1.82) is 0 Å². The lowest BCUT2D eigenvalue weighted by Gasteiger charge is -2.15. The number of benzene rings is 1. The summed E-state index contributed by atoms with van der Waals surface area (Å²) in [4.78, 5) is 10.7. The van der Waals surface area contributed by atoms with Crippen LogP contribution in [0.5, 0.6) is 0 Å². The Morgan fingerprint density at radius 1 is 1.39 bits per heavy atom. The smallest absolute Gasteiger partial charge is 0.244 e. The highest BCUT2D eigenvalue weighted by atomic mass is 35.5. The molecule has 1 amide bonds. The number of halogens is 3. The summed E-state index contributed by atoms with van der Waals surface area (Å²) < 4.78 is 26.7. The number of hydrogen-bond donors (Lipinski definition) is 3. The first kappa shape index (κ1) is 16.8. The van der Waals surface area contributed by atoms with Crippen molar-refractivity contribution in [2.24, 2.45) is 0 Å². The van der Waals surface area contributed by atoms with Gasteiger partial charge in [-0.2, -0.15) is 0 Å². The molecule has 18 heavy (non-hydrogen) atoms. The maximum absolute atomic E-state index is 13.4. The molecular formula is C11H15ClF2N2O2. The molecular weight excluding hydrogens is 266 g/mol. The molecule has 0 fully saturated rings. The van der Waals surface area contributed by atoms with E-state index < -0.39 is 23.6 Å². The van der Waals surface area contributed by atoms with Crippen molar-refractivity contribution in [2.45, 2.75) is 19.4 Å². The second-order valence-corrected chi connectivity index (χ2v) is 3.60. The molecule has 0 saturated heterocycles. The molecule has 4 nitrogen and oxygen atoms in total. The van der Waals surface area contributed by atoms with Gasteiger partial charge >= 0.3 is 0 Å². The number of rotatable bonds is 5. The second-order valence-electron chi connectivity index (χ2n) is 3.60. The fourth-order valence-electron chi connectivity index (χ4n) is 1.48. The molecule has 1 atom stereocenters. The van der Waals surface area contributed by atoms with E-state index in [9.17, 15) is 13.6 Å². The Bertz CT molecular complexity index is 384. The predicted molar refractivity (Wildman–Crippen MR) is 64.6 cm³/mol. The Hall–Kier alpha value is -1.24. The van der Waals surface area contributed by atoms with Gasteiger partial charge in [0.25, 0.3) is 0 Å². The molecule has 0 spiro atoms. The minimum Gasteiger partial charge on any atom is -0.309 e. The Kier molecular flexibility index (Phi) is 7.42. The Labute approximate surface area is 110 Å². The predicted octanol–water partition coefficient (Wildman–Crippen LogP) is 1.93. The molecule has 1 rings (SSSR count). The van der Waals surface area contributed by atoms with Gasteiger partial charge < -0.3 is 5.32 Å². The normalized spacial score (nSPS) is 11.6. The van der Waals surface area contributed by atoms with Crippen molar-refractivity contribution >= 4 is 18.3 Å². The summed E-state index contributed by atoms with van der Waals surface area (Å²) in [6.07, 6.45) is 0.0247. The van der Waals surface area contributed by atoms with Crippen molar-refractivity contribution < 1.29 is 18.8 Å². The van der Waals surface area contributed by atoms with Crippen molar-refractivity contribution in [3.63, 3.8) is 0 Å². The van der Waals surface area contributed by atoms with Crippen LogP contribution in [0, 0.1) is 11.6 Å². The van der Waals surface area contributed by atoms with Gasteiger partial charge in [-0.1, -0.05) is 6.07 Å². The van der Waals surface area contributed by atoms with Crippen LogP contribution in [0.15, 0.2) is 18.2 Å². The van der Waals surface area contributed by atoms with Crippen molar-refractivity contribution in [2.75, 3.05) is 6.54 Å². The second kappa shape index (κ2) is 7.97. The Balaban J connectivity index is 0.00000289. The molecule has 1 unspecified atom stereocenters. The molecule has 0 bridgehead atoms. The minimum absolute atomic E-state index is 0. The van der Waals surface area contributed by atoms with E-state index in [1.165, 1.54) is 23.7 Å². The van der Waals surface area contributed by atoms with Crippen LogP contribution in [-0.2, 0) is 4.79 Å². The molecule has 0 saturated carbocycles. The summed E-state index contributed by atoms with van der Waals surface area (Å²) in [5.41, 5.74) is 1.42. The van der Waals surface area contributed by atoms with Crippen LogP contribution in [0.25, 0.3) is 0 Å². The van der Waals surface area contributed by atoms with Crippen LogP contribution in [0.3, 0.4) is 0 Å². The summed E-state index contributed by atoms with van der Waals surface area (Å²) >= 11 is 0. The van der Waals surface area contributed by atoms with Gasteiger partial charge in [0.05, 0.1) is 0 Å². The van der Waals surface area contributed by atoms with Gasteiger partial charge in [0, 0.05) is 24.6 Å². The first-order valence-corrected chi connectivity index (χ1v) is 5.16. The molecule has 0 aromatic heterocycles. The Morgan fingerprint density at radius 3 is 2.44 bits per heavy atom. The van der Waals surface area contributed by atoms with E-state index in [0.717, 1.165) is 0 Å². The molecule has 1 aromatic rings. The van der Waals surface area contributed by atoms with E-state index in [2.05, 4.69) is 5.32 Å². The third-order valence-corrected chi connectivity index (χ3v) is 2.36. The first-order valence-electron chi connectivity index (χ1n) is 5.16. The van der Waals surface area contributed by atoms with E-state index >= 15 is 0 Å². The molecule has 0 aliphatic rings. The van der Waals surface area contributed by atoms with Crippen LogP contribution >= 0.6 is 12.4 Å². The average molecular weight is 281 g/mol. The molecule has 3 N–H and O–H groups in total. The van der Waals surface area contributed by atoms with Crippen LogP contribution < -0.4 is 10.8 Å². The zero-order valence-corrected chi connectivity index (χ0v) is 10.6. The van der Waals surface area contributed by atoms with Gasteiger partial charge in [0.1, 0.15) is 11.6 Å².